The van der Waals surface area contributed by atoms with E-state index >= 15 is 0 Å². The fourth-order valence-corrected chi connectivity index (χ4v) is 3.43. The van der Waals surface area contributed by atoms with Crippen molar-refractivity contribution in [2.24, 2.45) is 5.10 Å². The van der Waals surface area contributed by atoms with Crippen molar-refractivity contribution < 1.29 is 22.7 Å². The lowest BCUT2D eigenvalue weighted by Gasteiger charge is -2.24. The van der Waals surface area contributed by atoms with Gasteiger partial charge in [0.25, 0.3) is 0 Å². The zero-order valence-corrected chi connectivity index (χ0v) is 20.3. The molecule has 0 radical (unpaired) electrons. The Morgan fingerprint density at radius 1 is 1.26 bits per heavy atom. The van der Waals surface area contributed by atoms with E-state index in [9.17, 15) is 18.0 Å². The summed E-state index contributed by atoms with van der Waals surface area (Å²) < 4.78 is 41.7. The third-order valence-electron chi connectivity index (χ3n) is 4.67. The molecule has 1 atom stereocenters. The average molecular weight is 548 g/mol. The molecule has 1 N–H and O–H groups in total. The van der Waals surface area contributed by atoms with E-state index in [0.29, 0.717) is 11.3 Å². The number of rotatable bonds is 5. The number of amides is 2. The van der Waals surface area contributed by atoms with E-state index in [-0.39, 0.29) is 18.3 Å². The van der Waals surface area contributed by atoms with Crippen molar-refractivity contribution in [2.45, 2.75) is 19.3 Å². The van der Waals surface area contributed by atoms with Crippen molar-refractivity contribution in [2.75, 3.05) is 18.9 Å². The van der Waals surface area contributed by atoms with Crippen LogP contribution in [0.5, 0.6) is 5.75 Å². The van der Waals surface area contributed by atoms with Crippen molar-refractivity contribution in [1.82, 2.24) is 9.91 Å². The van der Waals surface area contributed by atoms with Crippen LogP contribution in [0.3, 0.4) is 0 Å². The van der Waals surface area contributed by atoms with Crippen molar-refractivity contribution in [3.8, 4) is 24.7 Å². The number of carbonyl (C=O) groups excluding carboxylic acids is 1. The number of ether oxygens (including phenoxy) is 1. The van der Waals surface area contributed by atoms with Gasteiger partial charge in [-0.25, -0.2) is 9.80 Å². The van der Waals surface area contributed by atoms with Crippen LogP contribution in [0.25, 0.3) is 0 Å². The van der Waals surface area contributed by atoms with Crippen molar-refractivity contribution in [1.29, 1.82) is 5.26 Å². The highest BCUT2D eigenvalue weighted by atomic mass is 79.9. The molecule has 0 saturated carbocycles. The summed E-state index contributed by atoms with van der Waals surface area (Å²) in [7, 11) is 1.79. The van der Waals surface area contributed by atoms with Crippen LogP contribution in [0.2, 0.25) is 0 Å². The van der Waals surface area contributed by atoms with Crippen LogP contribution in [0, 0.1) is 24.2 Å². The third-order valence-corrected chi connectivity index (χ3v) is 5.20. The Balaban J connectivity index is 0.00000210. The maximum absolute atomic E-state index is 12.8. The lowest BCUT2D eigenvalue weighted by Crippen LogP contribution is -2.40. The van der Waals surface area contributed by atoms with E-state index in [1.54, 1.807) is 20.2 Å². The molecule has 35 heavy (non-hydrogen) atoms. The zero-order chi connectivity index (χ0) is 26.2. The fraction of sp³-hybridized carbons (Fsp3) is 0.208. The first-order valence-electron chi connectivity index (χ1n) is 9.98. The maximum atomic E-state index is 12.8. The van der Waals surface area contributed by atoms with E-state index in [1.807, 2.05) is 29.2 Å². The molecule has 182 valence electrons. The number of nitriles is 1. The molecule has 11 heteroatoms. The standard InChI is InChI=1S/C22H19BrF3N5O2.C2H2/c1-14(11-27)12-30(2)19-13-31(29-20(19)15-3-5-16(23)6-4-15)21(32)28-17-7-9-18(10-8-17)33-22(24,25)26;1-2/h3-10,12,19H,13H2,1-2H3,(H,28,32);1-2H/b14-12+;. The molecule has 2 aromatic rings. The Kier molecular flexibility index (Phi) is 9.32. The largest absolute Gasteiger partial charge is 0.573 e. The highest BCUT2D eigenvalue weighted by molar-refractivity contribution is 9.10. The highest BCUT2D eigenvalue weighted by Gasteiger charge is 2.33. The van der Waals surface area contributed by atoms with E-state index in [2.05, 4.69) is 50.0 Å². The van der Waals surface area contributed by atoms with Gasteiger partial charge in [-0.2, -0.15) is 10.4 Å². The van der Waals surface area contributed by atoms with E-state index in [1.165, 1.54) is 17.1 Å². The summed E-state index contributed by atoms with van der Waals surface area (Å²) in [4.78, 5) is 14.6. The summed E-state index contributed by atoms with van der Waals surface area (Å²) in [6.07, 6.45) is 4.89. The summed E-state index contributed by atoms with van der Waals surface area (Å²) in [6.45, 7) is 1.89. The number of nitrogens with one attached hydrogen (secondary N) is 1. The van der Waals surface area contributed by atoms with Gasteiger partial charge in [0, 0.05) is 34.5 Å². The number of carbonyl (C=O) groups is 1. The predicted octanol–water partition coefficient (Wildman–Crippen LogP) is 5.58. The monoisotopic (exact) mass is 547 g/mol. The van der Waals surface area contributed by atoms with Crippen molar-refractivity contribution in [3.63, 3.8) is 0 Å². The van der Waals surface area contributed by atoms with Crippen LogP contribution in [0.4, 0.5) is 23.7 Å². The lowest BCUT2D eigenvalue weighted by atomic mass is 10.0. The number of hydrazone groups is 1. The molecule has 0 aliphatic carbocycles. The summed E-state index contributed by atoms with van der Waals surface area (Å²) in [5.41, 5.74) is 2.22. The number of halogens is 4. The zero-order valence-electron chi connectivity index (χ0n) is 18.8. The first-order chi connectivity index (χ1) is 16.6. The van der Waals surface area contributed by atoms with Gasteiger partial charge in [0.1, 0.15) is 5.75 Å². The average Bonchev–Trinajstić information content (AvgIpc) is 3.27. The molecule has 7 nitrogen and oxygen atoms in total. The number of hydrogen-bond acceptors (Lipinski definition) is 5. The summed E-state index contributed by atoms with van der Waals surface area (Å²) in [5, 5.41) is 17.4. The quantitative estimate of drug-likeness (QED) is 0.391. The molecular formula is C24H21BrF3N5O2. The van der Waals surface area contributed by atoms with Gasteiger partial charge in [-0.15, -0.1) is 26.0 Å². The van der Waals surface area contributed by atoms with Gasteiger partial charge in [0.2, 0.25) is 0 Å². The van der Waals surface area contributed by atoms with Crippen molar-refractivity contribution >= 4 is 33.4 Å². The number of alkyl halides is 3. The van der Waals surface area contributed by atoms with Crippen LogP contribution in [-0.2, 0) is 0 Å². The molecule has 1 unspecified atom stereocenters. The Bertz CT molecular complexity index is 1150. The maximum Gasteiger partial charge on any atom is 0.573 e. The molecule has 3 rings (SSSR count). The number of urea groups is 1. The number of benzene rings is 2. The number of terminal acetylenes is 1. The van der Waals surface area contributed by atoms with Gasteiger partial charge in [-0.1, -0.05) is 28.1 Å². The number of hydrogen-bond donors (Lipinski definition) is 1. The van der Waals surface area contributed by atoms with Gasteiger partial charge in [0.15, 0.2) is 0 Å². The first kappa shape index (κ1) is 27.3. The molecule has 2 amide bonds. The molecule has 0 aromatic heterocycles. The Hall–Kier alpha value is -3.96. The fourth-order valence-electron chi connectivity index (χ4n) is 3.16. The lowest BCUT2D eigenvalue weighted by molar-refractivity contribution is -0.274. The molecule has 2 aromatic carbocycles. The van der Waals surface area contributed by atoms with Crippen LogP contribution >= 0.6 is 15.9 Å². The molecule has 0 saturated heterocycles. The second kappa shape index (κ2) is 12.0. The van der Waals surface area contributed by atoms with Crippen LogP contribution in [0.15, 0.2) is 69.9 Å². The SMILES string of the molecule is C#C.C/C(C#N)=C\N(C)C1CN(C(=O)Nc2ccc(OC(F)(F)F)cc2)N=C1c1ccc(Br)cc1. The molecule has 0 bridgehead atoms. The predicted molar refractivity (Wildman–Crippen MR) is 130 cm³/mol. The molecule has 0 spiro atoms. The molecule has 1 heterocycles. The second-order valence-corrected chi connectivity index (χ2v) is 8.10. The topological polar surface area (TPSA) is 81.0 Å². The second-order valence-electron chi connectivity index (χ2n) is 7.18. The molecular weight excluding hydrogens is 527 g/mol. The van der Waals surface area contributed by atoms with Crippen LogP contribution < -0.4 is 10.1 Å². The summed E-state index contributed by atoms with van der Waals surface area (Å²) in [6, 6.07) is 13.5. The summed E-state index contributed by atoms with van der Waals surface area (Å²) in [5.74, 6) is -0.390. The number of allylic oxidation sites excluding steroid dienone is 1. The molecule has 1 aliphatic rings. The first-order valence-corrected chi connectivity index (χ1v) is 10.8. The Morgan fingerprint density at radius 2 is 1.86 bits per heavy atom. The Labute approximate surface area is 209 Å². The Morgan fingerprint density at radius 3 is 2.40 bits per heavy atom. The molecule has 1 aliphatic heterocycles. The van der Waals surface area contributed by atoms with Crippen molar-refractivity contribution in [3.05, 3.63) is 70.3 Å². The van der Waals surface area contributed by atoms with Gasteiger partial charge < -0.3 is 15.0 Å². The van der Waals surface area contributed by atoms with Gasteiger partial charge in [-0.3, -0.25) is 0 Å². The smallest absolute Gasteiger partial charge is 0.406 e. The van der Waals surface area contributed by atoms with E-state index in [0.717, 1.165) is 22.2 Å². The van der Waals surface area contributed by atoms with E-state index < -0.39 is 18.1 Å². The highest BCUT2D eigenvalue weighted by Crippen LogP contribution is 2.25. The molecule has 0 fully saturated rings. The van der Waals surface area contributed by atoms with Crippen LogP contribution in [-0.4, -0.2) is 47.6 Å². The van der Waals surface area contributed by atoms with Crippen LogP contribution in [0.1, 0.15) is 12.5 Å². The van der Waals surface area contributed by atoms with Gasteiger partial charge >= 0.3 is 12.4 Å². The minimum absolute atomic E-state index is 0.207. The van der Waals surface area contributed by atoms with Gasteiger partial charge in [0.05, 0.1) is 24.4 Å². The number of likely N-dealkylation sites (N-methyl/N-ethyl adjacent to an activating group) is 1. The van der Waals surface area contributed by atoms with Gasteiger partial charge in [-0.05, 0) is 43.3 Å². The summed E-state index contributed by atoms with van der Waals surface area (Å²) >= 11 is 3.39. The number of nitrogens with zero attached hydrogens (tertiary/aromatic N) is 4. The van der Waals surface area contributed by atoms with E-state index in [4.69, 9.17) is 5.26 Å². The minimum Gasteiger partial charge on any atom is -0.406 e. The normalized spacial score (nSPS) is 15.3. The third kappa shape index (κ3) is 7.80. The minimum atomic E-state index is -4.79. The number of anilines is 1.